The van der Waals surface area contributed by atoms with Crippen LogP contribution in [0.15, 0.2) is 48.5 Å². The van der Waals surface area contributed by atoms with E-state index >= 15 is 0 Å². The van der Waals surface area contributed by atoms with E-state index in [0.717, 1.165) is 22.2 Å². The number of hydrogen-bond acceptors (Lipinski definition) is 3. The number of benzene rings is 2. The summed E-state index contributed by atoms with van der Waals surface area (Å²) in [6.45, 7) is 4.34. The standard InChI is InChI=1S/C22H22F3NO4/c1-3-29-20(21(27)28)11-15-5-4-6-16(10-15)13-26-14(2)9-17-7-8-18(12-19(17)26)30-22(23,24)25/h4-10,12,20H,3,11,13H2,1-2H3,(H,27,28). The second-order valence-electron chi connectivity index (χ2n) is 6.95. The molecule has 1 unspecified atom stereocenters. The lowest BCUT2D eigenvalue weighted by Crippen LogP contribution is -2.26. The molecule has 1 atom stereocenters. The minimum Gasteiger partial charge on any atom is -0.479 e. The first-order valence-corrected chi connectivity index (χ1v) is 9.44. The number of aliphatic carboxylic acids is 1. The lowest BCUT2D eigenvalue weighted by atomic mass is 10.0. The average Bonchev–Trinajstić information content (AvgIpc) is 2.95. The average molecular weight is 421 g/mol. The molecule has 0 radical (unpaired) electrons. The summed E-state index contributed by atoms with van der Waals surface area (Å²) in [6, 6.07) is 13.6. The van der Waals surface area contributed by atoms with Gasteiger partial charge in [0.1, 0.15) is 5.75 Å². The third-order valence-electron chi connectivity index (χ3n) is 4.71. The molecule has 0 fully saturated rings. The fourth-order valence-corrected chi connectivity index (χ4v) is 3.45. The molecule has 0 amide bonds. The second-order valence-corrected chi connectivity index (χ2v) is 6.95. The van der Waals surface area contributed by atoms with Gasteiger partial charge in [-0.3, -0.25) is 0 Å². The quantitative estimate of drug-likeness (QED) is 0.560. The fraction of sp³-hybridized carbons (Fsp3) is 0.318. The summed E-state index contributed by atoms with van der Waals surface area (Å²) in [6.07, 6.45) is -5.46. The molecular formula is C22H22F3NO4. The zero-order valence-corrected chi connectivity index (χ0v) is 16.6. The van der Waals surface area contributed by atoms with E-state index in [1.165, 1.54) is 12.1 Å². The Morgan fingerprint density at radius 1 is 1.13 bits per heavy atom. The van der Waals surface area contributed by atoms with Gasteiger partial charge in [-0.2, -0.15) is 0 Å². The van der Waals surface area contributed by atoms with E-state index in [-0.39, 0.29) is 12.2 Å². The highest BCUT2D eigenvalue weighted by molar-refractivity contribution is 5.83. The summed E-state index contributed by atoms with van der Waals surface area (Å²) >= 11 is 0. The Labute approximate surface area is 171 Å². The number of carbonyl (C=O) groups is 1. The lowest BCUT2D eigenvalue weighted by molar-refractivity contribution is -0.274. The van der Waals surface area contributed by atoms with Gasteiger partial charge < -0.3 is 19.1 Å². The van der Waals surface area contributed by atoms with Crippen molar-refractivity contribution in [1.29, 1.82) is 0 Å². The number of fused-ring (bicyclic) bond motifs is 1. The lowest BCUT2D eigenvalue weighted by Gasteiger charge is -2.14. The van der Waals surface area contributed by atoms with Gasteiger partial charge in [-0.15, -0.1) is 13.2 Å². The number of carboxylic acid groups (broad SMARTS) is 1. The summed E-state index contributed by atoms with van der Waals surface area (Å²) in [7, 11) is 0. The molecule has 1 N–H and O–H groups in total. The number of halogens is 3. The van der Waals surface area contributed by atoms with Crippen LogP contribution in [0.2, 0.25) is 0 Å². The molecule has 30 heavy (non-hydrogen) atoms. The van der Waals surface area contributed by atoms with Crippen LogP contribution in [0.4, 0.5) is 13.2 Å². The van der Waals surface area contributed by atoms with E-state index in [2.05, 4.69) is 4.74 Å². The first-order chi connectivity index (χ1) is 14.2. The molecule has 160 valence electrons. The molecule has 0 aliphatic carbocycles. The van der Waals surface area contributed by atoms with E-state index in [4.69, 9.17) is 4.74 Å². The van der Waals surface area contributed by atoms with Crippen LogP contribution in [0.3, 0.4) is 0 Å². The molecule has 5 nitrogen and oxygen atoms in total. The molecule has 0 saturated heterocycles. The van der Waals surface area contributed by atoms with Crippen LogP contribution in [0.25, 0.3) is 10.9 Å². The molecule has 0 saturated carbocycles. The van der Waals surface area contributed by atoms with Gasteiger partial charge in [-0.25, -0.2) is 4.79 Å². The molecule has 1 aromatic heterocycles. The summed E-state index contributed by atoms with van der Waals surface area (Å²) in [4.78, 5) is 11.3. The first-order valence-electron chi connectivity index (χ1n) is 9.44. The SMILES string of the molecule is CCOC(Cc1cccc(Cn2c(C)cc3ccc(OC(F)(F)F)cc32)c1)C(=O)O. The van der Waals surface area contributed by atoms with Crippen molar-refractivity contribution in [3.8, 4) is 5.75 Å². The number of aromatic nitrogens is 1. The van der Waals surface area contributed by atoms with Gasteiger partial charge in [-0.1, -0.05) is 24.3 Å². The summed E-state index contributed by atoms with van der Waals surface area (Å²) in [5.74, 6) is -1.30. The van der Waals surface area contributed by atoms with Crippen molar-refractivity contribution in [3.63, 3.8) is 0 Å². The molecule has 0 bridgehead atoms. The van der Waals surface area contributed by atoms with E-state index in [1.807, 2.05) is 41.8 Å². The highest BCUT2D eigenvalue weighted by atomic mass is 19.4. The Hall–Kier alpha value is -3.00. The third-order valence-corrected chi connectivity index (χ3v) is 4.71. The van der Waals surface area contributed by atoms with Crippen LogP contribution in [0, 0.1) is 6.92 Å². The fourth-order valence-electron chi connectivity index (χ4n) is 3.45. The van der Waals surface area contributed by atoms with E-state index in [1.54, 1.807) is 13.0 Å². The van der Waals surface area contributed by atoms with E-state index in [0.29, 0.717) is 18.7 Å². The highest BCUT2D eigenvalue weighted by Crippen LogP contribution is 2.29. The molecule has 3 rings (SSSR count). The molecule has 0 spiro atoms. The van der Waals surface area contributed by atoms with Crippen molar-refractivity contribution in [2.45, 2.75) is 39.3 Å². The van der Waals surface area contributed by atoms with Gasteiger partial charge >= 0.3 is 12.3 Å². The first kappa shape index (κ1) is 21.7. The Bertz CT molecular complexity index is 1040. The maximum atomic E-state index is 12.6. The van der Waals surface area contributed by atoms with Crippen LogP contribution >= 0.6 is 0 Å². The maximum absolute atomic E-state index is 12.6. The van der Waals surface area contributed by atoms with Crippen LogP contribution in [-0.4, -0.2) is 34.7 Å². The molecule has 0 aliphatic rings. The van der Waals surface area contributed by atoms with Gasteiger partial charge in [0.15, 0.2) is 6.10 Å². The number of nitrogens with zero attached hydrogens (tertiary/aromatic N) is 1. The predicted molar refractivity (Wildman–Crippen MR) is 106 cm³/mol. The minimum atomic E-state index is -4.75. The van der Waals surface area contributed by atoms with Gasteiger partial charge in [-0.05, 0) is 43.2 Å². The maximum Gasteiger partial charge on any atom is 0.573 e. The Balaban J connectivity index is 1.88. The second kappa shape index (κ2) is 8.79. The largest absolute Gasteiger partial charge is 0.573 e. The number of hydrogen-bond donors (Lipinski definition) is 1. The van der Waals surface area contributed by atoms with Gasteiger partial charge in [0.05, 0.1) is 5.52 Å². The Morgan fingerprint density at radius 3 is 2.53 bits per heavy atom. The number of carboxylic acids is 1. The highest BCUT2D eigenvalue weighted by Gasteiger charge is 2.31. The molecule has 8 heteroatoms. The number of aryl methyl sites for hydroxylation is 1. The Morgan fingerprint density at radius 2 is 1.87 bits per heavy atom. The van der Waals surface area contributed by atoms with Crippen molar-refractivity contribution >= 4 is 16.9 Å². The van der Waals surface area contributed by atoms with Crippen LogP contribution in [0.5, 0.6) is 5.75 Å². The molecule has 1 heterocycles. The number of alkyl halides is 3. The topological polar surface area (TPSA) is 60.7 Å². The third kappa shape index (κ3) is 5.33. The molecule has 3 aromatic rings. The van der Waals surface area contributed by atoms with Crippen LogP contribution in [0.1, 0.15) is 23.7 Å². The summed E-state index contributed by atoms with van der Waals surface area (Å²) in [5, 5.41) is 10.1. The molecule has 0 aliphatic heterocycles. The van der Waals surface area contributed by atoms with Crippen molar-refractivity contribution in [1.82, 2.24) is 4.57 Å². The Kier molecular flexibility index (Phi) is 6.36. The minimum absolute atomic E-state index is 0.228. The van der Waals surface area contributed by atoms with E-state index < -0.39 is 18.4 Å². The molecular weight excluding hydrogens is 399 g/mol. The normalized spacial score (nSPS) is 12.8. The predicted octanol–water partition coefficient (Wildman–Crippen LogP) is 4.93. The summed E-state index contributed by atoms with van der Waals surface area (Å²) < 4.78 is 48.9. The van der Waals surface area contributed by atoms with Crippen molar-refractivity contribution < 1.29 is 32.5 Å². The van der Waals surface area contributed by atoms with Crippen LogP contribution < -0.4 is 4.74 Å². The van der Waals surface area contributed by atoms with E-state index in [9.17, 15) is 23.1 Å². The number of ether oxygens (including phenoxy) is 2. The zero-order chi connectivity index (χ0) is 21.9. The van der Waals surface area contributed by atoms with Gasteiger partial charge in [0.2, 0.25) is 0 Å². The van der Waals surface area contributed by atoms with Crippen molar-refractivity contribution in [2.75, 3.05) is 6.61 Å². The van der Waals surface area contributed by atoms with Gasteiger partial charge in [0, 0.05) is 36.7 Å². The zero-order valence-electron chi connectivity index (χ0n) is 16.6. The van der Waals surface area contributed by atoms with Crippen molar-refractivity contribution in [3.05, 3.63) is 65.4 Å². The van der Waals surface area contributed by atoms with Gasteiger partial charge in [0.25, 0.3) is 0 Å². The number of rotatable bonds is 8. The molecule has 2 aromatic carbocycles. The summed E-state index contributed by atoms with van der Waals surface area (Å²) in [5.41, 5.74) is 3.22. The smallest absolute Gasteiger partial charge is 0.479 e. The van der Waals surface area contributed by atoms with Crippen LogP contribution in [-0.2, 0) is 22.5 Å². The van der Waals surface area contributed by atoms with Crippen molar-refractivity contribution in [2.24, 2.45) is 0 Å². The monoisotopic (exact) mass is 421 g/mol.